The average Bonchev–Trinajstić information content (AvgIpc) is 3.09. The minimum atomic E-state index is -0.648. The van der Waals surface area contributed by atoms with E-state index in [2.05, 4.69) is 15.5 Å². The third-order valence-corrected chi connectivity index (χ3v) is 7.59. The van der Waals surface area contributed by atoms with E-state index < -0.39 is 17.6 Å². The first-order valence-corrected chi connectivity index (χ1v) is 12.6. The number of hydrogen-bond acceptors (Lipinski definition) is 5. The third kappa shape index (κ3) is 5.37. The second kappa shape index (κ2) is 10.9. The number of ether oxygens (including phenoxy) is 1. The summed E-state index contributed by atoms with van der Waals surface area (Å²) in [5.41, 5.74) is 2.43. The molecule has 2 aliphatic rings. The fraction of sp³-hybridized carbons (Fsp3) is 0.519. The lowest BCUT2D eigenvalue weighted by atomic mass is 9.89. The summed E-state index contributed by atoms with van der Waals surface area (Å²) in [6.45, 7) is 8.46. The van der Waals surface area contributed by atoms with Gasteiger partial charge in [0.15, 0.2) is 0 Å². The number of halogens is 1. The summed E-state index contributed by atoms with van der Waals surface area (Å²) in [6.07, 6.45) is 3.62. The number of benzene rings is 1. The molecule has 1 aromatic heterocycles. The lowest BCUT2D eigenvalue weighted by molar-refractivity contribution is -0.118. The largest absolute Gasteiger partial charge is 0.379 e. The summed E-state index contributed by atoms with van der Waals surface area (Å²) in [6, 6.07) is 4.80. The molecule has 9 heteroatoms. The summed E-state index contributed by atoms with van der Waals surface area (Å²) >= 11 is 0. The van der Waals surface area contributed by atoms with E-state index in [-0.39, 0.29) is 17.6 Å². The van der Waals surface area contributed by atoms with Crippen LogP contribution in [0.4, 0.5) is 10.1 Å². The van der Waals surface area contributed by atoms with Crippen LogP contribution in [0.1, 0.15) is 63.4 Å². The molecule has 2 N–H and O–H groups in total. The molecule has 2 amide bonds. The van der Waals surface area contributed by atoms with Crippen molar-refractivity contribution in [2.24, 2.45) is 7.05 Å². The van der Waals surface area contributed by atoms with Crippen LogP contribution in [0.5, 0.6) is 0 Å². The Kier molecular flexibility index (Phi) is 7.90. The zero-order chi connectivity index (χ0) is 26.0. The number of Topliss-reactive ketones (excluding diaryl/α,β-unsaturated/α-hetero) is 1. The smallest absolute Gasteiger partial charge is 0.294 e. The predicted molar refractivity (Wildman–Crippen MR) is 135 cm³/mol. The molecule has 36 heavy (non-hydrogen) atoms. The fourth-order valence-electron chi connectivity index (χ4n) is 5.44. The molecule has 1 saturated heterocycles. The van der Waals surface area contributed by atoms with Crippen LogP contribution >= 0.6 is 0 Å². The highest BCUT2D eigenvalue weighted by Gasteiger charge is 2.32. The Morgan fingerprint density at radius 3 is 2.33 bits per heavy atom. The molecule has 0 bridgehead atoms. The van der Waals surface area contributed by atoms with Crippen molar-refractivity contribution in [3.63, 3.8) is 0 Å². The monoisotopic (exact) mass is 498 g/mol. The summed E-state index contributed by atoms with van der Waals surface area (Å²) in [4.78, 5) is 41.6. The van der Waals surface area contributed by atoms with Gasteiger partial charge in [-0.25, -0.2) is 4.39 Å². The van der Waals surface area contributed by atoms with Gasteiger partial charge in [0.2, 0.25) is 0 Å². The number of amides is 2. The molecule has 1 aliphatic carbocycles. The Balaban J connectivity index is 1.41. The maximum Gasteiger partial charge on any atom is 0.294 e. The van der Waals surface area contributed by atoms with Crippen LogP contribution in [0.15, 0.2) is 18.2 Å². The molecule has 8 nitrogen and oxygen atoms in total. The highest BCUT2D eigenvalue weighted by Crippen LogP contribution is 2.26. The number of ketones is 1. The van der Waals surface area contributed by atoms with Crippen molar-refractivity contribution in [3.05, 3.63) is 52.1 Å². The zero-order valence-electron chi connectivity index (χ0n) is 21.4. The summed E-state index contributed by atoms with van der Waals surface area (Å²) in [5, 5.41) is 5.69. The standard InChI is InChI=1S/C27H35FN4O4/c1-16-15-20(7-10-22(16)28)30-26(34)23-17(2)24(31(4)18(23)3)25(33)27(35)29-19-5-8-21(9-6-19)32-11-13-36-14-12-32/h7,10,15,19,21H,5-6,8-9,11-14H2,1-4H3,(H,29,35)(H,30,34). The third-order valence-electron chi connectivity index (χ3n) is 7.59. The molecule has 0 atom stereocenters. The van der Waals surface area contributed by atoms with Gasteiger partial charge in [-0.15, -0.1) is 0 Å². The number of nitrogens with one attached hydrogen (secondary N) is 2. The van der Waals surface area contributed by atoms with Gasteiger partial charge in [0, 0.05) is 43.6 Å². The molecule has 2 heterocycles. The number of aromatic nitrogens is 1. The molecule has 1 aromatic carbocycles. The van der Waals surface area contributed by atoms with Crippen LogP contribution in [-0.2, 0) is 16.6 Å². The highest BCUT2D eigenvalue weighted by atomic mass is 19.1. The van der Waals surface area contributed by atoms with E-state index in [1.807, 2.05) is 0 Å². The van der Waals surface area contributed by atoms with E-state index in [9.17, 15) is 18.8 Å². The lowest BCUT2D eigenvalue weighted by Gasteiger charge is -2.38. The van der Waals surface area contributed by atoms with Crippen LogP contribution in [0.3, 0.4) is 0 Å². The van der Waals surface area contributed by atoms with Gasteiger partial charge in [-0.2, -0.15) is 0 Å². The van der Waals surface area contributed by atoms with Gasteiger partial charge in [-0.05, 0) is 75.8 Å². The Morgan fingerprint density at radius 2 is 1.69 bits per heavy atom. The number of carbonyl (C=O) groups excluding carboxylic acids is 3. The van der Waals surface area contributed by atoms with Crippen molar-refractivity contribution in [3.8, 4) is 0 Å². The molecule has 0 spiro atoms. The number of nitrogens with zero attached hydrogens (tertiary/aromatic N) is 2. The van der Waals surface area contributed by atoms with E-state index in [0.717, 1.165) is 52.0 Å². The Hall–Kier alpha value is -3.04. The predicted octanol–water partition coefficient (Wildman–Crippen LogP) is 3.28. The molecular formula is C27H35FN4O4. The van der Waals surface area contributed by atoms with Crippen molar-refractivity contribution < 1.29 is 23.5 Å². The summed E-state index contributed by atoms with van der Waals surface area (Å²) in [5.74, 6) is -2.05. The van der Waals surface area contributed by atoms with E-state index in [4.69, 9.17) is 4.74 Å². The van der Waals surface area contributed by atoms with Gasteiger partial charge < -0.3 is 19.9 Å². The number of rotatable bonds is 6. The van der Waals surface area contributed by atoms with E-state index in [0.29, 0.717) is 34.1 Å². The maximum absolute atomic E-state index is 13.6. The van der Waals surface area contributed by atoms with Crippen molar-refractivity contribution in [2.45, 2.75) is 58.5 Å². The average molecular weight is 499 g/mol. The van der Waals surface area contributed by atoms with E-state index in [1.165, 1.54) is 12.1 Å². The quantitative estimate of drug-likeness (QED) is 0.471. The first-order chi connectivity index (χ1) is 17.2. The van der Waals surface area contributed by atoms with Gasteiger partial charge in [-0.1, -0.05) is 0 Å². The van der Waals surface area contributed by atoms with Crippen molar-refractivity contribution >= 4 is 23.3 Å². The van der Waals surface area contributed by atoms with E-state index >= 15 is 0 Å². The lowest BCUT2D eigenvalue weighted by Crippen LogP contribution is -2.48. The number of hydrogen-bond donors (Lipinski definition) is 2. The maximum atomic E-state index is 13.6. The normalized spacial score (nSPS) is 20.7. The second-order valence-corrected chi connectivity index (χ2v) is 9.87. The van der Waals surface area contributed by atoms with Crippen molar-refractivity contribution in [1.29, 1.82) is 0 Å². The molecule has 4 rings (SSSR count). The molecule has 194 valence electrons. The molecule has 1 aliphatic heterocycles. The molecule has 0 radical (unpaired) electrons. The zero-order valence-corrected chi connectivity index (χ0v) is 21.4. The second-order valence-electron chi connectivity index (χ2n) is 9.87. The highest BCUT2D eigenvalue weighted by molar-refractivity contribution is 6.43. The minimum Gasteiger partial charge on any atom is -0.379 e. The molecule has 0 unspecified atom stereocenters. The first-order valence-electron chi connectivity index (χ1n) is 12.6. The van der Waals surface area contributed by atoms with Gasteiger partial charge in [-0.3, -0.25) is 19.3 Å². The van der Waals surface area contributed by atoms with Crippen LogP contribution < -0.4 is 10.6 Å². The fourth-order valence-corrected chi connectivity index (χ4v) is 5.44. The SMILES string of the molecule is Cc1cc(NC(=O)c2c(C)c(C(=O)C(=O)NC3CCC(N4CCOCC4)CC3)n(C)c2C)ccc1F. The van der Waals surface area contributed by atoms with Gasteiger partial charge >= 0.3 is 0 Å². The van der Waals surface area contributed by atoms with E-state index in [1.54, 1.807) is 38.5 Å². The topological polar surface area (TPSA) is 92.7 Å². The van der Waals surface area contributed by atoms with Crippen LogP contribution in [0.25, 0.3) is 0 Å². The van der Waals surface area contributed by atoms with Crippen LogP contribution in [-0.4, -0.2) is 65.5 Å². The Bertz CT molecular complexity index is 1160. The molecule has 1 saturated carbocycles. The molecular weight excluding hydrogens is 463 g/mol. The van der Waals surface area contributed by atoms with Crippen LogP contribution in [0.2, 0.25) is 0 Å². The molecule has 2 aromatic rings. The Labute approximate surface area is 211 Å². The van der Waals surface area contributed by atoms with Gasteiger partial charge in [0.1, 0.15) is 5.82 Å². The number of aryl methyl sites for hydroxylation is 1. The van der Waals surface area contributed by atoms with Crippen molar-refractivity contribution in [1.82, 2.24) is 14.8 Å². The number of carbonyl (C=O) groups is 3. The van der Waals surface area contributed by atoms with Crippen LogP contribution in [0, 0.1) is 26.6 Å². The van der Waals surface area contributed by atoms with Gasteiger partial charge in [0.05, 0.1) is 24.5 Å². The van der Waals surface area contributed by atoms with Crippen molar-refractivity contribution in [2.75, 3.05) is 31.6 Å². The summed E-state index contributed by atoms with van der Waals surface area (Å²) < 4.78 is 20.6. The Morgan fingerprint density at radius 1 is 1.03 bits per heavy atom. The molecule has 2 fully saturated rings. The summed E-state index contributed by atoms with van der Waals surface area (Å²) in [7, 11) is 1.68. The number of morpholine rings is 1. The first kappa shape index (κ1) is 26.0. The number of anilines is 1. The minimum absolute atomic E-state index is 0.0371. The van der Waals surface area contributed by atoms with Gasteiger partial charge in [0.25, 0.3) is 17.6 Å².